The van der Waals surface area contributed by atoms with Gasteiger partial charge < -0.3 is 5.11 Å². The van der Waals surface area contributed by atoms with Gasteiger partial charge in [0, 0.05) is 5.39 Å². The molecule has 24 heavy (non-hydrogen) atoms. The highest BCUT2D eigenvalue weighted by atomic mass is 32.2. The fourth-order valence-electron chi connectivity index (χ4n) is 2.28. The summed E-state index contributed by atoms with van der Waals surface area (Å²) in [5.41, 5.74) is 2.05. The molecule has 124 valence electrons. The van der Waals surface area contributed by atoms with Gasteiger partial charge in [0.25, 0.3) is 10.1 Å². The zero-order valence-electron chi connectivity index (χ0n) is 13.1. The maximum atomic E-state index is 12.1. The van der Waals surface area contributed by atoms with Crippen molar-refractivity contribution in [3.63, 3.8) is 0 Å². The summed E-state index contributed by atoms with van der Waals surface area (Å²) in [6.07, 6.45) is -1.13. The first-order chi connectivity index (χ1) is 11.5. The summed E-state index contributed by atoms with van der Waals surface area (Å²) in [6.45, 7) is 1.48. The van der Waals surface area contributed by atoms with Crippen molar-refractivity contribution in [1.82, 2.24) is 4.98 Å². The number of aliphatic hydroxyl groups excluding tert-OH is 1. The number of aromatic nitrogens is 1. The van der Waals surface area contributed by atoms with Crippen LogP contribution in [0.5, 0.6) is 0 Å². The number of hydrogen-bond acceptors (Lipinski definition) is 5. The molecule has 0 saturated carbocycles. The number of hydrogen-bond donors (Lipinski definition) is 1. The van der Waals surface area contributed by atoms with Crippen LogP contribution in [0.3, 0.4) is 0 Å². The zero-order valence-corrected chi connectivity index (χ0v) is 13.9. The molecule has 0 aliphatic heterocycles. The lowest BCUT2D eigenvalue weighted by atomic mass is 10.1. The molecule has 0 aliphatic carbocycles. The van der Waals surface area contributed by atoms with Crippen LogP contribution < -0.4 is 0 Å². The molecule has 1 heterocycles. The summed E-state index contributed by atoms with van der Waals surface area (Å²) in [5.74, 6) is 0. The minimum atomic E-state index is -3.91. The van der Waals surface area contributed by atoms with Crippen molar-refractivity contribution in [2.75, 3.05) is 6.61 Å². The van der Waals surface area contributed by atoms with Crippen molar-refractivity contribution >= 4 is 21.0 Å². The number of pyridine rings is 1. The average Bonchev–Trinajstić information content (AvgIpc) is 2.59. The lowest BCUT2D eigenvalue weighted by Gasteiger charge is -2.12. The summed E-state index contributed by atoms with van der Waals surface area (Å²) < 4.78 is 29.2. The first-order valence-electron chi connectivity index (χ1n) is 7.45. The lowest BCUT2D eigenvalue weighted by molar-refractivity contribution is 0.108. The summed E-state index contributed by atoms with van der Waals surface area (Å²) in [7, 11) is -3.91. The molecule has 0 aliphatic rings. The van der Waals surface area contributed by atoms with E-state index in [0.29, 0.717) is 5.69 Å². The first-order valence-corrected chi connectivity index (χ1v) is 8.86. The number of nitrogens with zero attached hydrogens (tertiary/aromatic N) is 1. The number of fused-ring (bicyclic) bond motifs is 1. The minimum Gasteiger partial charge on any atom is -0.384 e. The van der Waals surface area contributed by atoms with Crippen molar-refractivity contribution in [3.8, 4) is 0 Å². The van der Waals surface area contributed by atoms with E-state index in [4.69, 9.17) is 4.18 Å². The van der Waals surface area contributed by atoms with Crippen molar-refractivity contribution in [2.24, 2.45) is 0 Å². The van der Waals surface area contributed by atoms with E-state index < -0.39 is 16.2 Å². The van der Waals surface area contributed by atoms with Crippen LogP contribution in [0.25, 0.3) is 10.9 Å². The van der Waals surface area contributed by atoms with Crippen LogP contribution in [-0.2, 0) is 14.3 Å². The molecule has 0 spiro atoms. The molecule has 0 amide bonds. The smallest absolute Gasteiger partial charge is 0.297 e. The van der Waals surface area contributed by atoms with Crippen molar-refractivity contribution in [2.45, 2.75) is 17.9 Å². The molecule has 2 aromatic carbocycles. The second-order valence-corrected chi connectivity index (χ2v) is 7.11. The van der Waals surface area contributed by atoms with Gasteiger partial charge >= 0.3 is 0 Å². The van der Waals surface area contributed by atoms with Gasteiger partial charge in [-0.2, -0.15) is 8.42 Å². The second-order valence-electron chi connectivity index (χ2n) is 5.50. The van der Waals surface area contributed by atoms with Gasteiger partial charge in [-0.1, -0.05) is 42.0 Å². The second kappa shape index (κ2) is 6.68. The molecule has 1 aromatic heterocycles. The maximum absolute atomic E-state index is 12.1. The van der Waals surface area contributed by atoms with Gasteiger partial charge in [0.05, 0.1) is 22.7 Å². The third-order valence-electron chi connectivity index (χ3n) is 3.65. The van der Waals surface area contributed by atoms with E-state index in [2.05, 4.69) is 4.98 Å². The molecule has 0 radical (unpaired) electrons. The Labute approximate surface area is 140 Å². The fourth-order valence-corrected chi connectivity index (χ4v) is 3.19. The van der Waals surface area contributed by atoms with Crippen molar-refractivity contribution < 1.29 is 17.7 Å². The average molecular weight is 343 g/mol. The Hall–Kier alpha value is -2.28. The van der Waals surface area contributed by atoms with Gasteiger partial charge in [-0.25, -0.2) is 4.98 Å². The van der Waals surface area contributed by atoms with Gasteiger partial charge in [0.1, 0.15) is 6.10 Å². The van der Waals surface area contributed by atoms with E-state index in [9.17, 15) is 13.5 Å². The van der Waals surface area contributed by atoms with E-state index in [0.717, 1.165) is 16.5 Å². The molecule has 0 bridgehead atoms. The van der Waals surface area contributed by atoms with Crippen LogP contribution >= 0.6 is 0 Å². The Morgan fingerprint density at radius 1 is 1.04 bits per heavy atom. The van der Waals surface area contributed by atoms with Crippen LogP contribution in [0.2, 0.25) is 0 Å². The van der Waals surface area contributed by atoms with Gasteiger partial charge in [-0.3, -0.25) is 4.18 Å². The summed E-state index contributed by atoms with van der Waals surface area (Å²) in [5, 5.41) is 11.1. The number of para-hydroxylation sites is 1. The SMILES string of the molecule is Cc1ccc(S(=O)(=O)OC[C@H](O)c2ccc3ccccc3n2)cc1. The minimum absolute atomic E-state index is 0.0618. The number of aliphatic hydroxyl groups is 1. The Kier molecular flexibility index (Phi) is 4.62. The molecule has 0 fully saturated rings. The first kappa shape index (κ1) is 16.6. The van der Waals surface area contributed by atoms with E-state index in [-0.39, 0.29) is 11.5 Å². The molecule has 6 heteroatoms. The predicted molar refractivity (Wildman–Crippen MR) is 91.0 cm³/mol. The van der Waals surface area contributed by atoms with E-state index in [1.165, 1.54) is 12.1 Å². The normalized spacial score (nSPS) is 13.1. The monoisotopic (exact) mass is 343 g/mol. The third-order valence-corrected chi connectivity index (χ3v) is 4.95. The van der Waals surface area contributed by atoms with Gasteiger partial charge in [-0.15, -0.1) is 0 Å². The molecule has 0 unspecified atom stereocenters. The van der Waals surface area contributed by atoms with Crippen LogP contribution in [0.4, 0.5) is 0 Å². The van der Waals surface area contributed by atoms with Crippen LogP contribution in [0.15, 0.2) is 65.6 Å². The third kappa shape index (κ3) is 3.62. The molecule has 1 atom stereocenters. The van der Waals surface area contributed by atoms with Gasteiger partial charge in [-0.05, 0) is 31.2 Å². The molecule has 3 aromatic rings. The van der Waals surface area contributed by atoms with Gasteiger partial charge in [0.2, 0.25) is 0 Å². The molecule has 1 N–H and O–H groups in total. The molecular formula is C18H17NO4S. The van der Waals surface area contributed by atoms with E-state index in [1.54, 1.807) is 18.2 Å². The Bertz CT molecular complexity index is 952. The molecule has 3 rings (SSSR count). The van der Waals surface area contributed by atoms with Gasteiger partial charge in [0.15, 0.2) is 0 Å². The summed E-state index contributed by atoms with van der Waals surface area (Å²) >= 11 is 0. The van der Waals surface area contributed by atoms with E-state index in [1.807, 2.05) is 37.3 Å². The lowest BCUT2D eigenvalue weighted by Crippen LogP contribution is -2.14. The topological polar surface area (TPSA) is 76.5 Å². The van der Waals surface area contributed by atoms with Crippen molar-refractivity contribution in [1.29, 1.82) is 0 Å². The number of benzene rings is 2. The highest BCUT2D eigenvalue weighted by molar-refractivity contribution is 7.86. The molecule has 0 saturated heterocycles. The Morgan fingerprint density at radius 3 is 2.50 bits per heavy atom. The largest absolute Gasteiger partial charge is 0.384 e. The van der Waals surface area contributed by atoms with Crippen molar-refractivity contribution in [3.05, 3.63) is 71.9 Å². The summed E-state index contributed by atoms with van der Waals surface area (Å²) in [6, 6.07) is 17.3. The zero-order chi connectivity index (χ0) is 17.2. The number of rotatable bonds is 5. The molecule has 5 nitrogen and oxygen atoms in total. The summed E-state index contributed by atoms with van der Waals surface area (Å²) in [4.78, 5) is 4.40. The quantitative estimate of drug-likeness (QED) is 0.721. The maximum Gasteiger partial charge on any atom is 0.297 e. The Balaban J connectivity index is 1.74. The predicted octanol–water partition coefficient (Wildman–Crippen LogP) is 2.98. The molecular weight excluding hydrogens is 326 g/mol. The number of aryl methyl sites for hydroxylation is 1. The standard InChI is InChI=1S/C18H17NO4S/c1-13-6-9-15(10-7-13)24(21,22)23-12-18(20)17-11-8-14-4-2-3-5-16(14)19-17/h2-11,18,20H,12H2,1H3/t18-/m0/s1. The van der Waals surface area contributed by atoms with E-state index >= 15 is 0 Å². The fraction of sp³-hybridized carbons (Fsp3) is 0.167. The van der Waals surface area contributed by atoms with Crippen LogP contribution in [-0.4, -0.2) is 25.1 Å². The van der Waals surface area contributed by atoms with Crippen LogP contribution in [0.1, 0.15) is 17.4 Å². The highest BCUT2D eigenvalue weighted by Crippen LogP contribution is 2.19. The highest BCUT2D eigenvalue weighted by Gasteiger charge is 2.19. The van der Waals surface area contributed by atoms with Crippen LogP contribution in [0, 0.1) is 6.92 Å². The Morgan fingerprint density at radius 2 is 1.75 bits per heavy atom.